The van der Waals surface area contributed by atoms with Gasteiger partial charge in [-0.3, -0.25) is 0 Å². The Hall–Kier alpha value is 0.190. The van der Waals surface area contributed by atoms with E-state index < -0.39 is 5.60 Å². The third-order valence-corrected chi connectivity index (χ3v) is 5.03. The second-order valence-electron chi connectivity index (χ2n) is 6.14. The zero-order chi connectivity index (χ0) is 13.8. The molecule has 2 N–H and O–H groups in total. The molecule has 2 unspecified atom stereocenters. The van der Waals surface area contributed by atoms with Gasteiger partial charge in [0.25, 0.3) is 0 Å². The summed E-state index contributed by atoms with van der Waals surface area (Å²) in [6, 6.07) is 0.459. The van der Waals surface area contributed by atoms with Crippen LogP contribution in [0.4, 0.5) is 0 Å². The lowest BCUT2D eigenvalue weighted by Crippen LogP contribution is -2.52. The molecule has 2 atom stereocenters. The maximum atomic E-state index is 10.2. The molecule has 0 saturated carbocycles. The van der Waals surface area contributed by atoms with E-state index >= 15 is 0 Å². The number of ether oxygens (including phenoxy) is 2. The molecule has 0 radical (unpaired) electrons. The Labute approximate surface area is 120 Å². The van der Waals surface area contributed by atoms with E-state index in [1.165, 1.54) is 0 Å². The number of aliphatic hydroxyl groups is 1. The molecule has 0 aliphatic carbocycles. The Morgan fingerprint density at radius 3 is 2.79 bits per heavy atom. The van der Waals surface area contributed by atoms with E-state index in [4.69, 9.17) is 9.47 Å². The number of thioether (sulfide) groups is 1. The average molecular weight is 289 g/mol. The van der Waals surface area contributed by atoms with Gasteiger partial charge in [0, 0.05) is 38.2 Å². The van der Waals surface area contributed by atoms with Gasteiger partial charge in [-0.05, 0) is 38.9 Å². The minimum atomic E-state index is -0.624. The van der Waals surface area contributed by atoms with Crippen molar-refractivity contribution in [3.05, 3.63) is 0 Å². The van der Waals surface area contributed by atoms with Crippen LogP contribution in [-0.2, 0) is 9.47 Å². The number of rotatable bonds is 5. The van der Waals surface area contributed by atoms with Crippen LogP contribution in [0.3, 0.4) is 0 Å². The van der Waals surface area contributed by atoms with E-state index in [0.717, 1.165) is 51.3 Å². The first-order valence-corrected chi connectivity index (χ1v) is 8.61. The average Bonchev–Trinajstić information content (AvgIpc) is 2.38. The second-order valence-corrected chi connectivity index (χ2v) is 7.01. The van der Waals surface area contributed by atoms with E-state index in [1.807, 2.05) is 13.2 Å². The Bertz CT molecular complexity index is 274. The zero-order valence-corrected chi connectivity index (χ0v) is 12.9. The van der Waals surface area contributed by atoms with Crippen molar-refractivity contribution in [1.82, 2.24) is 5.32 Å². The lowest BCUT2D eigenvalue weighted by atomic mass is 9.84. The first-order valence-electron chi connectivity index (χ1n) is 7.22. The molecule has 19 heavy (non-hydrogen) atoms. The smallest absolute Gasteiger partial charge is 0.0833 e. The largest absolute Gasteiger partial charge is 0.388 e. The van der Waals surface area contributed by atoms with Crippen LogP contribution in [0.2, 0.25) is 0 Å². The Morgan fingerprint density at radius 1 is 1.37 bits per heavy atom. The highest BCUT2D eigenvalue weighted by molar-refractivity contribution is 7.98. The summed E-state index contributed by atoms with van der Waals surface area (Å²) in [5.41, 5.74) is -0.597. The van der Waals surface area contributed by atoms with Gasteiger partial charge in [-0.15, -0.1) is 0 Å². The molecule has 1 spiro atoms. The molecule has 0 aromatic carbocycles. The van der Waals surface area contributed by atoms with E-state index in [2.05, 4.69) is 5.32 Å². The summed E-state index contributed by atoms with van der Waals surface area (Å²) < 4.78 is 11.5. The van der Waals surface area contributed by atoms with Crippen LogP contribution in [0.5, 0.6) is 0 Å². The fourth-order valence-corrected chi connectivity index (χ4v) is 3.74. The Kier molecular flexibility index (Phi) is 5.55. The lowest BCUT2D eigenvalue weighted by Gasteiger charge is -2.44. The standard InChI is InChI=1S/C14H27NO3S/c1-13(16,11-19-2)10-15-12-3-6-18-14(9-12)4-7-17-8-5-14/h12,15-16H,3-11H2,1-2H3. The van der Waals surface area contributed by atoms with Crippen LogP contribution >= 0.6 is 11.8 Å². The molecule has 112 valence electrons. The van der Waals surface area contributed by atoms with Crippen molar-refractivity contribution in [3.63, 3.8) is 0 Å². The summed E-state index contributed by atoms with van der Waals surface area (Å²) in [5, 5.41) is 13.7. The minimum Gasteiger partial charge on any atom is -0.388 e. The van der Waals surface area contributed by atoms with Crippen LogP contribution in [0.1, 0.15) is 32.6 Å². The first kappa shape index (κ1) is 15.6. The number of hydrogen-bond acceptors (Lipinski definition) is 5. The number of nitrogens with one attached hydrogen (secondary N) is 1. The third-order valence-electron chi connectivity index (χ3n) is 4.12. The highest BCUT2D eigenvalue weighted by atomic mass is 32.2. The van der Waals surface area contributed by atoms with Crippen LogP contribution in [0, 0.1) is 0 Å². The minimum absolute atomic E-state index is 0.0273. The van der Waals surface area contributed by atoms with Crippen LogP contribution < -0.4 is 5.32 Å². The van der Waals surface area contributed by atoms with Crippen molar-refractivity contribution in [2.24, 2.45) is 0 Å². The summed E-state index contributed by atoms with van der Waals surface area (Å²) in [6.07, 6.45) is 6.13. The molecule has 0 bridgehead atoms. The van der Waals surface area contributed by atoms with Gasteiger partial charge in [0.15, 0.2) is 0 Å². The van der Waals surface area contributed by atoms with E-state index in [0.29, 0.717) is 12.6 Å². The third kappa shape index (κ3) is 4.60. The monoisotopic (exact) mass is 289 g/mol. The predicted octanol–water partition coefficient (Wildman–Crippen LogP) is 1.42. The molecule has 2 heterocycles. The highest BCUT2D eigenvalue weighted by Gasteiger charge is 2.39. The van der Waals surface area contributed by atoms with Gasteiger partial charge in [-0.1, -0.05) is 0 Å². The molecule has 2 aliphatic rings. The summed E-state index contributed by atoms with van der Waals surface area (Å²) in [6.45, 7) is 5.02. The maximum absolute atomic E-state index is 10.2. The molecule has 2 rings (SSSR count). The fourth-order valence-electron chi connectivity index (χ4n) is 3.02. The van der Waals surface area contributed by atoms with E-state index in [-0.39, 0.29) is 5.60 Å². The van der Waals surface area contributed by atoms with Crippen molar-refractivity contribution in [1.29, 1.82) is 0 Å². The maximum Gasteiger partial charge on any atom is 0.0833 e. The topological polar surface area (TPSA) is 50.7 Å². The Morgan fingerprint density at radius 2 is 2.11 bits per heavy atom. The van der Waals surface area contributed by atoms with Gasteiger partial charge in [0.1, 0.15) is 0 Å². The van der Waals surface area contributed by atoms with Crippen molar-refractivity contribution in [2.45, 2.75) is 49.9 Å². The Balaban J connectivity index is 1.81. The summed E-state index contributed by atoms with van der Waals surface area (Å²) in [4.78, 5) is 0. The van der Waals surface area contributed by atoms with Gasteiger partial charge in [-0.25, -0.2) is 0 Å². The van der Waals surface area contributed by atoms with Crippen LogP contribution in [-0.4, -0.2) is 60.7 Å². The van der Waals surface area contributed by atoms with Gasteiger partial charge in [0.2, 0.25) is 0 Å². The SMILES string of the molecule is CSCC(C)(O)CNC1CCOC2(CCOCC2)C1. The highest BCUT2D eigenvalue weighted by Crippen LogP contribution is 2.34. The van der Waals surface area contributed by atoms with Gasteiger partial charge in [0.05, 0.1) is 11.2 Å². The molecule has 0 aromatic heterocycles. The fraction of sp³-hybridized carbons (Fsp3) is 1.00. The van der Waals surface area contributed by atoms with E-state index in [1.54, 1.807) is 11.8 Å². The van der Waals surface area contributed by atoms with Crippen molar-refractivity contribution in [3.8, 4) is 0 Å². The summed E-state index contributed by atoms with van der Waals surface area (Å²) >= 11 is 1.69. The van der Waals surface area contributed by atoms with Crippen LogP contribution in [0.25, 0.3) is 0 Å². The van der Waals surface area contributed by atoms with E-state index in [9.17, 15) is 5.11 Å². The molecular weight excluding hydrogens is 262 g/mol. The summed E-state index contributed by atoms with van der Waals surface area (Å²) in [7, 11) is 0. The normalized spacial score (nSPS) is 30.2. The molecule has 0 aromatic rings. The lowest BCUT2D eigenvalue weighted by molar-refractivity contribution is -0.141. The van der Waals surface area contributed by atoms with Crippen molar-refractivity contribution in [2.75, 3.05) is 38.4 Å². The molecule has 2 saturated heterocycles. The second kappa shape index (κ2) is 6.76. The van der Waals surface area contributed by atoms with Gasteiger partial charge < -0.3 is 19.9 Å². The molecule has 2 aliphatic heterocycles. The molecule has 4 nitrogen and oxygen atoms in total. The summed E-state index contributed by atoms with van der Waals surface area (Å²) in [5.74, 6) is 0.766. The van der Waals surface area contributed by atoms with Gasteiger partial charge in [-0.2, -0.15) is 11.8 Å². The van der Waals surface area contributed by atoms with Crippen molar-refractivity contribution >= 4 is 11.8 Å². The predicted molar refractivity (Wildman–Crippen MR) is 78.8 cm³/mol. The zero-order valence-electron chi connectivity index (χ0n) is 12.1. The molecular formula is C14H27NO3S. The number of hydrogen-bond donors (Lipinski definition) is 2. The first-order chi connectivity index (χ1) is 9.05. The van der Waals surface area contributed by atoms with Gasteiger partial charge >= 0.3 is 0 Å². The molecule has 2 fully saturated rings. The van der Waals surface area contributed by atoms with Crippen molar-refractivity contribution < 1.29 is 14.6 Å². The van der Waals surface area contributed by atoms with Crippen LogP contribution in [0.15, 0.2) is 0 Å². The quantitative estimate of drug-likeness (QED) is 0.801. The molecule has 0 amide bonds. The molecule has 5 heteroatoms.